The highest BCUT2D eigenvalue weighted by Gasteiger charge is 2.40. The van der Waals surface area contributed by atoms with Crippen LogP contribution in [0.5, 0.6) is 17.2 Å². The van der Waals surface area contributed by atoms with E-state index in [0.717, 1.165) is 61.7 Å². The lowest BCUT2D eigenvalue weighted by Crippen LogP contribution is -2.53. The number of hydrogen-bond acceptors (Lipinski definition) is 2. The third kappa shape index (κ3) is 4.41. The summed E-state index contributed by atoms with van der Waals surface area (Å²) in [7, 11) is 0. The van der Waals surface area contributed by atoms with E-state index in [1.165, 1.54) is 38.5 Å². The molecule has 2 aliphatic heterocycles. The summed E-state index contributed by atoms with van der Waals surface area (Å²) in [4.78, 5) is 0. The minimum Gasteiger partial charge on any atom is -0.551 e. The molecule has 0 saturated heterocycles. The summed E-state index contributed by atoms with van der Waals surface area (Å²) in [6.45, 7) is -0.261. The molecular weight excluding hydrogens is 633 g/mol. The van der Waals surface area contributed by atoms with Crippen LogP contribution in [0, 0.1) is 0 Å². The van der Waals surface area contributed by atoms with Gasteiger partial charge in [-0.25, -0.2) is 0 Å². The maximum atomic E-state index is 6.88. The van der Waals surface area contributed by atoms with Gasteiger partial charge < -0.3 is 14.0 Å². The van der Waals surface area contributed by atoms with Crippen molar-refractivity contribution >= 4 is 39.6 Å². The van der Waals surface area contributed by atoms with Gasteiger partial charge in [0.2, 0.25) is 0 Å². The predicted molar refractivity (Wildman–Crippen MR) is 215 cm³/mol. The zero-order valence-corrected chi connectivity index (χ0v) is 28.2. The van der Waals surface area contributed by atoms with Gasteiger partial charge >= 0.3 is 6.92 Å². The molecule has 0 N–H and O–H groups in total. The number of nitrogens with zero attached hydrogens (tertiary/aromatic N) is 1. The third-order valence-electron chi connectivity index (χ3n) is 10.7. The smallest absolute Gasteiger partial charge is 0.434 e. The minimum atomic E-state index is -0.261. The Morgan fingerprint density at radius 1 is 0.385 bits per heavy atom. The standard InChI is InChI=1S/C48H30BNO2/c1-2-12-31(13-3-1)36-16-4-5-17-37(36)34-25-27-45-41(29-34)40-20-11-23-46-48(40)49(52-45)42-26-24-33(30-47(42)51-46)32-14-10-15-35(28-32)50-43-21-8-6-18-38(43)39-19-7-9-22-44(39)50/h1-30H. The van der Waals surface area contributed by atoms with Gasteiger partial charge in [0.25, 0.3) is 0 Å². The molecule has 3 nitrogen and oxygen atoms in total. The van der Waals surface area contributed by atoms with Crippen LogP contribution in [0.3, 0.4) is 0 Å². The van der Waals surface area contributed by atoms with Crippen LogP contribution in [-0.2, 0) is 0 Å². The van der Waals surface area contributed by atoms with Crippen molar-refractivity contribution in [1.82, 2.24) is 4.57 Å². The quantitative estimate of drug-likeness (QED) is 0.175. The first-order chi connectivity index (χ1) is 25.8. The van der Waals surface area contributed by atoms with Crippen LogP contribution in [0.1, 0.15) is 0 Å². The number of para-hydroxylation sites is 2. The summed E-state index contributed by atoms with van der Waals surface area (Å²) >= 11 is 0. The molecule has 0 unspecified atom stereocenters. The van der Waals surface area contributed by atoms with Gasteiger partial charge in [-0.3, -0.25) is 0 Å². The molecule has 0 saturated carbocycles. The largest absolute Gasteiger partial charge is 0.551 e. The Hall–Kier alpha value is -6.78. The SMILES string of the molecule is c1ccc(-c2ccccc2-c2ccc3c(c2)-c2cccc4c2B(O3)c2ccc(-c3cccc(-n5c6ccccc6c6ccccc65)c3)cc2O4)cc1. The summed E-state index contributed by atoms with van der Waals surface area (Å²) < 4.78 is 16.0. The number of benzene rings is 8. The van der Waals surface area contributed by atoms with Crippen molar-refractivity contribution in [3.8, 4) is 67.4 Å². The second kappa shape index (κ2) is 11.4. The van der Waals surface area contributed by atoms with Crippen molar-refractivity contribution in [2.75, 3.05) is 0 Å². The van der Waals surface area contributed by atoms with Gasteiger partial charge in [-0.1, -0.05) is 133 Å². The molecule has 0 atom stereocenters. The zero-order valence-electron chi connectivity index (χ0n) is 28.2. The van der Waals surface area contributed by atoms with E-state index in [-0.39, 0.29) is 6.92 Å². The Kier molecular flexibility index (Phi) is 6.35. The van der Waals surface area contributed by atoms with Crippen molar-refractivity contribution in [1.29, 1.82) is 0 Å². The Morgan fingerprint density at radius 2 is 1.02 bits per heavy atom. The normalized spacial score (nSPS) is 12.5. The van der Waals surface area contributed by atoms with Gasteiger partial charge in [-0.15, -0.1) is 0 Å². The number of fused-ring (bicyclic) bond motifs is 7. The van der Waals surface area contributed by atoms with Gasteiger partial charge in [-0.2, -0.15) is 0 Å². The van der Waals surface area contributed by atoms with E-state index in [0.29, 0.717) is 0 Å². The van der Waals surface area contributed by atoms with Crippen LogP contribution in [0.25, 0.3) is 72.0 Å². The summed E-state index contributed by atoms with van der Waals surface area (Å²) in [6.07, 6.45) is 0. The van der Waals surface area contributed by atoms with Crippen LogP contribution in [0.15, 0.2) is 182 Å². The number of aromatic nitrogens is 1. The van der Waals surface area contributed by atoms with E-state index in [9.17, 15) is 0 Å². The van der Waals surface area contributed by atoms with E-state index in [1.807, 2.05) is 0 Å². The lowest BCUT2D eigenvalue weighted by atomic mass is 9.51. The molecule has 0 aliphatic carbocycles. The molecule has 52 heavy (non-hydrogen) atoms. The molecule has 242 valence electrons. The van der Waals surface area contributed by atoms with E-state index in [2.05, 4.69) is 187 Å². The molecule has 1 aromatic heterocycles. The highest BCUT2D eigenvalue weighted by atomic mass is 16.5. The van der Waals surface area contributed by atoms with Gasteiger partial charge in [0.1, 0.15) is 17.2 Å². The maximum absolute atomic E-state index is 6.88. The van der Waals surface area contributed by atoms with Gasteiger partial charge in [-0.05, 0) is 87.5 Å². The fourth-order valence-corrected chi connectivity index (χ4v) is 8.32. The van der Waals surface area contributed by atoms with E-state index in [1.54, 1.807) is 0 Å². The summed E-state index contributed by atoms with van der Waals surface area (Å²) in [5.74, 6) is 2.55. The minimum absolute atomic E-state index is 0.261. The molecule has 0 spiro atoms. The first kappa shape index (κ1) is 29.0. The summed E-state index contributed by atoms with van der Waals surface area (Å²) in [6, 6.07) is 64.7. The molecular formula is C48H30BNO2. The first-order valence-electron chi connectivity index (χ1n) is 17.8. The van der Waals surface area contributed by atoms with Crippen LogP contribution >= 0.6 is 0 Å². The fraction of sp³-hybridized carbons (Fsp3) is 0. The molecule has 9 aromatic rings. The van der Waals surface area contributed by atoms with E-state index >= 15 is 0 Å². The van der Waals surface area contributed by atoms with Crippen LogP contribution in [0.4, 0.5) is 0 Å². The summed E-state index contributed by atoms with van der Waals surface area (Å²) in [5.41, 5.74) is 14.9. The number of rotatable bonds is 4. The average molecular weight is 664 g/mol. The van der Waals surface area contributed by atoms with Crippen LogP contribution < -0.4 is 20.3 Å². The molecule has 11 rings (SSSR count). The van der Waals surface area contributed by atoms with Crippen molar-refractivity contribution in [2.45, 2.75) is 0 Å². The molecule has 4 heteroatoms. The molecule has 3 heterocycles. The number of hydrogen-bond donors (Lipinski definition) is 0. The molecule has 0 radical (unpaired) electrons. The maximum Gasteiger partial charge on any atom is 0.434 e. The fourth-order valence-electron chi connectivity index (χ4n) is 8.32. The molecule has 0 bridgehead atoms. The second-order valence-corrected chi connectivity index (χ2v) is 13.6. The highest BCUT2D eigenvalue weighted by Crippen LogP contribution is 2.43. The van der Waals surface area contributed by atoms with Gasteiger partial charge in [0.15, 0.2) is 0 Å². The molecule has 0 fully saturated rings. The third-order valence-corrected chi connectivity index (χ3v) is 10.7. The lowest BCUT2D eigenvalue weighted by Gasteiger charge is -2.33. The van der Waals surface area contributed by atoms with Crippen molar-refractivity contribution in [2.24, 2.45) is 0 Å². The van der Waals surface area contributed by atoms with Crippen molar-refractivity contribution in [3.05, 3.63) is 182 Å². The Labute approximate surface area is 302 Å². The Morgan fingerprint density at radius 3 is 1.83 bits per heavy atom. The molecule has 8 aromatic carbocycles. The summed E-state index contributed by atoms with van der Waals surface area (Å²) in [5, 5.41) is 2.51. The van der Waals surface area contributed by atoms with Crippen molar-refractivity contribution < 1.29 is 9.39 Å². The van der Waals surface area contributed by atoms with Crippen LogP contribution in [0.2, 0.25) is 0 Å². The number of ether oxygens (including phenoxy) is 1. The first-order valence-corrected chi connectivity index (χ1v) is 17.8. The second-order valence-electron chi connectivity index (χ2n) is 13.6. The van der Waals surface area contributed by atoms with Crippen molar-refractivity contribution in [3.63, 3.8) is 0 Å². The average Bonchev–Trinajstić information content (AvgIpc) is 3.55. The zero-order chi connectivity index (χ0) is 34.2. The predicted octanol–water partition coefficient (Wildman–Crippen LogP) is 11.1. The van der Waals surface area contributed by atoms with E-state index in [4.69, 9.17) is 9.39 Å². The lowest BCUT2D eigenvalue weighted by molar-refractivity contribution is 0.479. The van der Waals surface area contributed by atoms with Gasteiger partial charge in [0.05, 0.1) is 11.0 Å². The van der Waals surface area contributed by atoms with Crippen LogP contribution in [-0.4, -0.2) is 11.5 Å². The Bertz CT molecular complexity index is 2820. The Balaban J connectivity index is 0.974. The van der Waals surface area contributed by atoms with E-state index < -0.39 is 0 Å². The van der Waals surface area contributed by atoms with Gasteiger partial charge in [0, 0.05) is 32.9 Å². The molecule has 0 amide bonds. The monoisotopic (exact) mass is 663 g/mol. The highest BCUT2D eigenvalue weighted by molar-refractivity contribution is 6.84. The topological polar surface area (TPSA) is 23.4 Å². The molecule has 2 aliphatic rings.